The number of carbonyl (C=O) groups excluding carboxylic acids is 3. The minimum Gasteiger partial charge on any atom is -0.463 e. The number of nitrogens with zero attached hydrogens (tertiary/aromatic N) is 1. The highest BCUT2D eigenvalue weighted by Gasteiger charge is 2.46. The van der Waals surface area contributed by atoms with E-state index in [1.54, 1.807) is 13.0 Å². The zero-order chi connectivity index (χ0) is 13.5. The third kappa shape index (κ3) is 3.55. The molecule has 0 aliphatic rings. The van der Waals surface area contributed by atoms with Gasteiger partial charge in [-0.3, -0.25) is 4.79 Å². The van der Waals surface area contributed by atoms with Crippen LogP contribution in [-0.2, 0) is 19.1 Å². The summed E-state index contributed by atoms with van der Waals surface area (Å²) in [5.41, 5.74) is -1.80. The van der Waals surface area contributed by atoms with Gasteiger partial charge in [-0.05, 0) is 6.92 Å². The number of hydrogen-bond acceptors (Lipinski definition) is 5. The SMILES string of the molecule is CCOC(=O)C(C#N)(NC(C)=O)C(C)CC=O. The van der Waals surface area contributed by atoms with Gasteiger partial charge in [0.1, 0.15) is 12.4 Å². The second-order valence-electron chi connectivity index (χ2n) is 3.62. The fraction of sp³-hybridized carbons (Fsp3) is 0.636. The van der Waals surface area contributed by atoms with E-state index in [0.717, 1.165) is 0 Å². The van der Waals surface area contributed by atoms with Crippen LogP contribution in [0.25, 0.3) is 0 Å². The van der Waals surface area contributed by atoms with Crippen LogP contribution >= 0.6 is 0 Å². The topological polar surface area (TPSA) is 96.3 Å². The largest absolute Gasteiger partial charge is 0.463 e. The summed E-state index contributed by atoms with van der Waals surface area (Å²) in [6.07, 6.45) is 0.574. The van der Waals surface area contributed by atoms with Gasteiger partial charge in [-0.1, -0.05) is 6.92 Å². The minimum absolute atomic E-state index is 0.0212. The Kier molecular flexibility index (Phi) is 5.89. The normalized spacial score (nSPS) is 14.9. The van der Waals surface area contributed by atoms with Crippen molar-refractivity contribution in [2.45, 2.75) is 32.7 Å². The van der Waals surface area contributed by atoms with E-state index in [1.165, 1.54) is 13.8 Å². The Bertz CT molecular complexity index is 348. The molecule has 6 nitrogen and oxygen atoms in total. The smallest absolute Gasteiger partial charge is 0.347 e. The molecule has 1 N–H and O–H groups in total. The molecule has 0 spiro atoms. The summed E-state index contributed by atoms with van der Waals surface area (Å²) in [6.45, 7) is 4.41. The van der Waals surface area contributed by atoms with Crippen LogP contribution in [0.3, 0.4) is 0 Å². The van der Waals surface area contributed by atoms with Crippen LogP contribution in [0.4, 0.5) is 0 Å². The average molecular weight is 240 g/mol. The second kappa shape index (κ2) is 6.63. The second-order valence-corrected chi connectivity index (χ2v) is 3.62. The Morgan fingerprint density at radius 1 is 1.59 bits per heavy atom. The number of carbonyl (C=O) groups is 3. The first-order valence-electron chi connectivity index (χ1n) is 5.25. The van der Waals surface area contributed by atoms with E-state index in [4.69, 9.17) is 10.00 Å². The molecule has 1 amide bonds. The van der Waals surface area contributed by atoms with Gasteiger partial charge in [0.05, 0.1) is 6.61 Å². The molecule has 0 heterocycles. The molecule has 0 aliphatic carbocycles. The maximum atomic E-state index is 11.8. The highest BCUT2D eigenvalue weighted by molar-refractivity contribution is 5.90. The van der Waals surface area contributed by atoms with E-state index in [9.17, 15) is 14.4 Å². The molecule has 0 fully saturated rings. The maximum absolute atomic E-state index is 11.8. The molecule has 0 bridgehead atoms. The summed E-state index contributed by atoms with van der Waals surface area (Å²) < 4.78 is 4.77. The lowest BCUT2D eigenvalue weighted by Gasteiger charge is -2.29. The number of esters is 1. The van der Waals surface area contributed by atoms with E-state index in [1.807, 2.05) is 0 Å². The standard InChI is InChI=1S/C11H16N2O4/c1-4-17-10(16)11(7-12,13-9(3)15)8(2)5-6-14/h6,8H,4-5H2,1-3H3,(H,13,15). The Labute approximate surface area is 99.9 Å². The summed E-state index contributed by atoms with van der Waals surface area (Å²) >= 11 is 0. The lowest BCUT2D eigenvalue weighted by Crippen LogP contribution is -2.58. The van der Waals surface area contributed by atoms with Gasteiger partial charge < -0.3 is 14.8 Å². The fourth-order valence-electron chi connectivity index (χ4n) is 1.40. The van der Waals surface area contributed by atoms with Crippen molar-refractivity contribution in [2.75, 3.05) is 6.61 Å². The van der Waals surface area contributed by atoms with Crippen LogP contribution < -0.4 is 5.32 Å². The van der Waals surface area contributed by atoms with E-state index in [-0.39, 0.29) is 13.0 Å². The molecule has 0 saturated heterocycles. The first-order chi connectivity index (χ1) is 7.94. The first kappa shape index (κ1) is 15.1. The lowest BCUT2D eigenvalue weighted by molar-refractivity contribution is -0.152. The number of ether oxygens (including phenoxy) is 1. The third-order valence-electron chi connectivity index (χ3n) is 2.34. The number of rotatable bonds is 6. The number of nitriles is 1. The van der Waals surface area contributed by atoms with E-state index >= 15 is 0 Å². The van der Waals surface area contributed by atoms with Crippen LogP contribution in [0, 0.1) is 17.2 Å². The summed E-state index contributed by atoms with van der Waals surface area (Å²) in [5.74, 6) is -2.03. The van der Waals surface area contributed by atoms with E-state index in [0.29, 0.717) is 6.29 Å². The van der Waals surface area contributed by atoms with Gasteiger partial charge in [0.2, 0.25) is 11.4 Å². The van der Waals surface area contributed by atoms with Gasteiger partial charge in [0.25, 0.3) is 0 Å². The summed E-state index contributed by atoms with van der Waals surface area (Å²) in [4.78, 5) is 33.3. The zero-order valence-electron chi connectivity index (χ0n) is 10.1. The van der Waals surface area contributed by atoms with Gasteiger partial charge in [-0.15, -0.1) is 0 Å². The minimum atomic E-state index is -1.80. The monoisotopic (exact) mass is 240 g/mol. The number of hydrogen-bond donors (Lipinski definition) is 1. The van der Waals surface area contributed by atoms with Crippen molar-refractivity contribution < 1.29 is 19.1 Å². The molecule has 0 aromatic carbocycles. The van der Waals surface area contributed by atoms with Crippen LogP contribution in [0.1, 0.15) is 27.2 Å². The number of aldehydes is 1. The Balaban J connectivity index is 5.28. The van der Waals surface area contributed by atoms with Gasteiger partial charge in [-0.25, -0.2) is 4.79 Å². The van der Waals surface area contributed by atoms with Crippen LogP contribution in [-0.4, -0.2) is 30.3 Å². The van der Waals surface area contributed by atoms with Crippen molar-refractivity contribution in [3.8, 4) is 6.07 Å². The van der Waals surface area contributed by atoms with Crippen molar-refractivity contribution in [3.05, 3.63) is 0 Å². The molecule has 0 aromatic rings. The predicted octanol–water partition coefficient (Wildman–Crippen LogP) is 0.173. The summed E-state index contributed by atoms with van der Waals surface area (Å²) in [6, 6.07) is 1.75. The molecule has 0 saturated carbocycles. The summed E-state index contributed by atoms with van der Waals surface area (Å²) in [7, 11) is 0. The molecular formula is C11H16N2O4. The van der Waals surface area contributed by atoms with E-state index in [2.05, 4.69) is 5.32 Å². The van der Waals surface area contributed by atoms with Crippen molar-refractivity contribution in [2.24, 2.45) is 5.92 Å². The zero-order valence-corrected chi connectivity index (χ0v) is 10.1. The first-order valence-corrected chi connectivity index (χ1v) is 5.25. The maximum Gasteiger partial charge on any atom is 0.347 e. The Morgan fingerprint density at radius 3 is 2.53 bits per heavy atom. The molecule has 0 rings (SSSR count). The average Bonchev–Trinajstić information content (AvgIpc) is 2.26. The van der Waals surface area contributed by atoms with Gasteiger partial charge in [0.15, 0.2) is 0 Å². The van der Waals surface area contributed by atoms with Crippen LogP contribution in [0.15, 0.2) is 0 Å². The highest BCUT2D eigenvalue weighted by Crippen LogP contribution is 2.21. The van der Waals surface area contributed by atoms with Gasteiger partial charge in [0, 0.05) is 19.3 Å². The van der Waals surface area contributed by atoms with Crippen molar-refractivity contribution in [1.29, 1.82) is 5.26 Å². The molecule has 2 atom stereocenters. The number of nitrogens with one attached hydrogen (secondary N) is 1. The Hall–Kier alpha value is -1.90. The molecule has 0 radical (unpaired) electrons. The highest BCUT2D eigenvalue weighted by atomic mass is 16.5. The lowest BCUT2D eigenvalue weighted by atomic mass is 9.84. The molecule has 2 unspecified atom stereocenters. The third-order valence-corrected chi connectivity index (χ3v) is 2.34. The fourth-order valence-corrected chi connectivity index (χ4v) is 1.40. The molecule has 17 heavy (non-hydrogen) atoms. The molecule has 0 aromatic heterocycles. The van der Waals surface area contributed by atoms with Gasteiger partial charge >= 0.3 is 5.97 Å². The van der Waals surface area contributed by atoms with Gasteiger partial charge in [-0.2, -0.15) is 5.26 Å². The molecule has 94 valence electrons. The molecular weight excluding hydrogens is 224 g/mol. The van der Waals surface area contributed by atoms with Crippen molar-refractivity contribution in [1.82, 2.24) is 5.32 Å². The quantitative estimate of drug-likeness (QED) is 0.527. The van der Waals surface area contributed by atoms with Crippen molar-refractivity contribution in [3.63, 3.8) is 0 Å². The Morgan fingerprint density at radius 2 is 2.18 bits per heavy atom. The number of amides is 1. The van der Waals surface area contributed by atoms with E-state index < -0.39 is 23.3 Å². The van der Waals surface area contributed by atoms with Crippen molar-refractivity contribution >= 4 is 18.2 Å². The predicted molar refractivity (Wildman–Crippen MR) is 58.6 cm³/mol. The van der Waals surface area contributed by atoms with Crippen LogP contribution in [0.5, 0.6) is 0 Å². The molecule has 0 aliphatic heterocycles. The molecule has 6 heteroatoms. The van der Waals surface area contributed by atoms with Crippen LogP contribution in [0.2, 0.25) is 0 Å². The summed E-state index contributed by atoms with van der Waals surface area (Å²) in [5, 5.41) is 11.4.